The summed E-state index contributed by atoms with van der Waals surface area (Å²) in [6.45, 7) is 0.727. The van der Waals surface area contributed by atoms with Gasteiger partial charge in [-0.3, -0.25) is 0 Å². The van der Waals surface area contributed by atoms with Crippen molar-refractivity contribution in [2.24, 2.45) is 0 Å². The Labute approximate surface area is 124 Å². The largest absolute Gasteiger partial charge is 0.387 e. The van der Waals surface area contributed by atoms with E-state index in [-0.39, 0.29) is 11.6 Å². The number of halogens is 3. The minimum absolute atomic E-state index is 0.300. The second-order valence-electron chi connectivity index (χ2n) is 4.43. The Morgan fingerprint density at radius 2 is 1.70 bits per heavy atom. The summed E-state index contributed by atoms with van der Waals surface area (Å²) in [5, 5.41) is 13.0. The molecule has 0 aliphatic rings. The second-order valence-corrected chi connectivity index (χ2v) is 5.29. The molecule has 0 amide bonds. The molecule has 2 aromatic rings. The second kappa shape index (κ2) is 6.92. The van der Waals surface area contributed by atoms with Gasteiger partial charge in [-0.25, -0.2) is 8.78 Å². The molecule has 1 atom stereocenters. The smallest absolute Gasteiger partial charge is 0.123 e. The average molecular weight is 342 g/mol. The number of benzene rings is 2. The predicted molar refractivity (Wildman–Crippen MR) is 77.2 cm³/mol. The molecule has 2 N–H and O–H groups in total. The molecule has 2 nitrogen and oxygen atoms in total. The predicted octanol–water partition coefficient (Wildman–Crippen LogP) is 3.55. The van der Waals surface area contributed by atoms with Crippen molar-refractivity contribution < 1.29 is 13.9 Å². The van der Waals surface area contributed by atoms with E-state index in [2.05, 4.69) is 21.2 Å². The molecular formula is C15H14BrF2NO. The van der Waals surface area contributed by atoms with Gasteiger partial charge in [0.15, 0.2) is 0 Å². The SMILES string of the molecule is OC(CNCc1cc(F)ccc1Br)c1ccc(F)cc1. The molecule has 0 aromatic heterocycles. The lowest BCUT2D eigenvalue weighted by Gasteiger charge is -2.13. The zero-order valence-electron chi connectivity index (χ0n) is 10.6. The van der Waals surface area contributed by atoms with Crippen molar-refractivity contribution in [3.63, 3.8) is 0 Å². The van der Waals surface area contributed by atoms with Gasteiger partial charge in [0, 0.05) is 17.6 Å². The van der Waals surface area contributed by atoms with Crippen molar-refractivity contribution in [2.75, 3.05) is 6.54 Å². The van der Waals surface area contributed by atoms with Crippen LogP contribution < -0.4 is 5.32 Å². The Hall–Kier alpha value is -1.30. The molecule has 0 heterocycles. The summed E-state index contributed by atoms with van der Waals surface area (Å²) in [6, 6.07) is 10.1. The Balaban J connectivity index is 1.89. The Kier molecular flexibility index (Phi) is 5.23. The minimum Gasteiger partial charge on any atom is -0.387 e. The van der Waals surface area contributed by atoms with Crippen molar-refractivity contribution in [3.05, 3.63) is 69.7 Å². The number of hydrogen-bond acceptors (Lipinski definition) is 2. The number of hydrogen-bond donors (Lipinski definition) is 2. The van der Waals surface area contributed by atoms with Crippen LogP contribution in [0.15, 0.2) is 46.9 Å². The first kappa shape index (κ1) is 15.1. The standard InChI is InChI=1S/C15H14BrF2NO/c16-14-6-5-13(18)7-11(14)8-19-9-15(20)10-1-3-12(17)4-2-10/h1-7,15,19-20H,8-9H2. The van der Waals surface area contributed by atoms with Gasteiger partial charge in [-0.05, 0) is 41.5 Å². The summed E-state index contributed by atoms with van der Waals surface area (Å²) in [4.78, 5) is 0. The van der Waals surface area contributed by atoms with Gasteiger partial charge in [-0.15, -0.1) is 0 Å². The summed E-state index contributed by atoms with van der Waals surface area (Å²) in [5.74, 6) is -0.637. The summed E-state index contributed by atoms with van der Waals surface area (Å²) < 4.78 is 26.7. The maximum atomic E-state index is 13.1. The van der Waals surface area contributed by atoms with Gasteiger partial charge < -0.3 is 10.4 Å². The first-order valence-electron chi connectivity index (χ1n) is 6.14. The zero-order chi connectivity index (χ0) is 14.5. The molecule has 1 unspecified atom stereocenters. The molecule has 0 saturated heterocycles. The fourth-order valence-electron chi connectivity index (χ4n) is 1.83. The van der Waals surface area contributed by atoms with Crippen molar-refractivity contribution >= 4 is 15.9 Å². The molecular weight excluding hydrogens is 328 g/mol. The average Bonchev–Trinajstić information content (AvgIpc) is 2.43. The van der Waals surface area contributed by atoms with E-state index in [1.807, 2.05) is 0 Å². The van der Waals surface area contributed by atoms with E-state index in [0.29, 0.717) is 18.7 Å². The van der Waals surface area contributed by atoms with Crippen LogP contribution >= 0.6 is 15.9 Å². The van der Waals surface area contributed by atoms with Gasteiger partial charge in [-0.1, -0.05) is 28.1 Å². The molecule has 5 heteroatoms. The Morgan fingerprint density at radius 1 is 1.05 bits per heavy atom. The maximum absolute atomic E-state index is 13.1. The molecule has 2 aromatic carbocycles. The summed E-state index contributed by atoms with van der Waals surface area (Å²) in [5.41, 5.74) is 1.41. The summed E-state index contributed by atoms with van der Waals surface area (Å²) in [7, 11) is 0. The quantitative estimate of drug-likeness (QED) is 0.871. The highest BCUT2D eigenvalue weighted by Gasteiger charge is 2.08. The first-order valence-corrected chi connectivity index (χ1v) is 6.94. The lowest BCUT2D eigenvalue weighted by atomic mass is 10.1. The van der Waals surface area contributed by atoms with Gasteiger partial charge in [0.2, 0.25) is 0 Å². The van der Waals surface area contributed by atoms with Crippen LogP contribution in [0.25, 0.3) is 0 Å². The van der Waals surface area contributed by atoms with Crippen LogP contribution in [0.3, 0.4) is 0 Å². The van der Waals surface area contributed by atoms with Crippen molar-refractivity contribution in [1.82, 2.24) is 5.32 Å². The topological polar surface area (TPSA) is 32.3 Å². The highest BCUT2D eigenvalue weighted by Crippen LogP contribution is 2.18. The Bertz CT molecular complexity index is 575. The molecule has 0 radical (unpaired) electrons. The third kappa shape index (κ3) is 4.10. The van der Waals surface area contributed by atoms with Gasteiger partial charge in [0.05, 0.1) is 6.10 Å². The van der Waals surface area contributed by atoms with Gasteiger partial charge in [0.1, 0.15) is 11.6 Å². The van der Waals surface area contributed by atoms with Gasteiger partial charge in [0.25, 0.3) is 0 Å². The molecule has 0 aliphatic carbocycles. The van der Waals surface area contributed by atoms with Gasteiger partial charge in [-0.2, -0.15) is 0 Å². The Morgan fingerprint density at radius 3 is 2.40 bits per heavy atom. The summed E-state index contributed by atoms with van der Waals surface area (Å²) in [6.07, 6.45) is -0.733. The molecule has 0 aliphatic heterocycles. The van der Waals surface area contributed by atoms with Crippen LogP contribution in [0.4, 0.5) is 8.78 Å². The lowest BCUT2D eigenvalue weighted by Crippen LogP contribution is -2.21. The number of aliphatic hydroxyl groups excluding tert-OH is 1. The van der Waals surface area contributed by atoms with Crippen LogP contribution in [0.5, 0.6) is 0 Å². The molecule has 0 spiro atoms. The molecule has 2 rings (SSSR count). The normalized spacial score (nSPS) is 12.4. The van der Waals surface area contributed by atoms with E-state index in [1.165, 1.54) is 24.3 Å². The van der Waals surface area contributed by atoms with Crippen LogP contribution in [-0.4, -0.2) is 11.7 Å². The van der Waals surface area contributed by atoms with Crippen LogP contribution in [-0.2, 0) is 6.54 Å². The third-order valence-electron chi connectivity index (χ3n) is 2.92. The summed E-state index contributed by atoms with van der Waals surface area (Å²) >= 11 is 3.34. The number of rotatable bonds is 5. The van der Waals surface area contributed by atoms with Crippen molar-refractivity contribution in [1.29, 1.82) is 0 Å². The van der Waals surface area contributed by atoms with E-state index in [4.69, 9.17) is 0 Å². The van der Waals surface area contributed by atoms with Crippen molar-refractivity contribution in [3.8, 4) is 0 Å². The monoisotopic (exact) mass is 341 g/mol. The highest BCUT2D eigenvalue weighted by molar-refractivity contribution is 9.10. The van der Waals surface area contributed by atoms with E-state index in [0.717, 1.165) is 10.0 Å². The van der Waals surface area contributed by atoms with Gasteiger partial charge >= 0.3 is 0 Å². The fraction of sp³-hybridized carbons (Fsp3) is 0.200. The van der Waals surface area contributed by atoms with E-state index in [9.17, 15) is 13.9 Å². The third-order valence-corrected chi connectivity index (χ3v) is 3.69. The molecule has 106 valence electrons. The maximum Gasteiger partial charge on any atom is 0.123 e. The highest BCUT2D eigenvalue weighted by atomic mass is 79.9. The molecule has 0 saturated carbocycles. The van der Waals surface area contributed by atoms with Crippen LogP contribution in [0.1, 0.15) is 17.2 Å². The van der Waals surface area contributed by atoms with E-state index in [1.54, 1.807) is 18.2 Å². The van der Waals surface area contributed by atoms with Crippen LogP contribution in [0, 0.1) is 11.6 Å². The minimum atomic E-state index is -0.733. The first-order chi connectivity index (χ1) is 9.56. The molecule has 0 bridgehead atoms. The van der Waals surface area contributed by atoms with Crippen LogP contribution in [0.2, 0.25) is 0 Å². The number of aliphatic hydroxyl groups is 1. The lowest BCUT2D eigenvalue weighted by molar-refractivity contribution is 0.174. The fourth-order valence-corrected chi connectivity index (χ4v) is 2.21. The van der Waals surface area contributed by atoms with Crippen molar-refractivity contribution in [2.45, 2.75) is 12.6 Å². The van der Waals surface area contributed by atoms with E-state index >= 15 is 0 Å². The number of nitrogens with one attached hydrogen (secondary N) is 1. The zero-order valence-corrected chi connectivity index (χ0v) is 12.2. The molecule has 0 fully saturated rings. The molecule has 20 heavy (non-hydrogen) atoms. The van der Waals surface area contributed by atoms with E-state index < -0.39 is 6.10 Å².